The van der Waals surface area contributed by atoms with Crippen LogP contribution in [0.15, 0.2) is 30.3 Å². The van der Waals surface area contributed by atoms with Crippen molar-refractivity contribution in [1.82, 2.24) is 14.7 Å². The Morgan fingerprint density at radius 3 is 2.35 bits per heavy atom. The van der Waals surface area contributed by atoms with Crippen LogP contribution in [0, 0.1) is 5.92 Å². The van der Waals surface area contributed by atoms with Gasteiger partial charge in [0.15, 0.2) is 0 Å². The first kappa shape index (κ1) is 18.7. The van der Waals surface area contributed by atoms with E-state index in [0.717, 1.165) is 24.8 Å². The van der Waals surface area contributed by atoms with E-state index in [2.05, 4.69) is 0 Å². The third-order valence-electron chi connectivity index (χ3n) is 5.65. The van der Waals surface area contributed by atoms with E-state index in [-0.39, 0.29) is 18.0 Å². The number of benzene rings is 1. The zero-order chi connectivity index (χ0) is 18.5. The number of urea groups is 1. The van der Waals surface area contributed by atoms with Crippen molar-refractivity contribution in [3.63, 3.8) is 0 Å². The number of nitrogens with two attached hydrogens (primary N) is 1. The van der Waals surface area contributed by atoms with Gasteiger partial charge in [-0.15, -0.1) is 0 Å². The molecule has 0 bridgehead atoms. The standard InChI is InChI=1S/C20H30N4O2/c1-22(15-16-6-3-2-4-7-16)20(26)24-12-10-23(11-13-24)19(25)14-17-8-5-9-18(17)21/h2-4,6-7,17-18H,5,8-15,21H2,1H3/t17-,18+/m0/s1. The molecule has 2 atom stereocenters. The van der Waals surface area contributed by atoms with E-state index in [0.29, 0.717) is 45.1 Å². The maximum absolute atomic E-state index is 12.6. The normalized spacial score (nSPS) is 23.2. The smallest absolute Gasteiger partial charge is 0.320 e. The summed E-state index contributed by atoms with van der Waals surface area (Å²) < 4.78 is 0. The Kier molecular flexibility index (Phi) is 6.14. The van der Waals surface area contributed by atoms with E-state index in [1.807, 2.05) is 47.2 Å². The summed E-state index contributed by atoms with van der Waals surface area (Å²) in [5, 5.41) is 0. The molecule has 1 heterocycles. The van der Waals surface area contributed by atoms with E-state index < -0.39 is 0 Å². The van der Waals surface area contributed by atoms with Crippen LogP contribution < -0.4 is 5.73 Å². The topological polar surface area (TPSA) is 69.9 Å². The van der Waals surface area contributed by atoms with E-state index in [1.165, 1.54) is 0 Å². The molecule has 6 heteroatoms. The third kappa shape index (κ3) is 4.55. The van der Waals surface area contributed by atoms with Gasteiger partial charge in [-0.1, -0.05) is 36.8 Å². The molecule has 2 N–H and O–H groups in total. The molecule has 3 rings (SSSR count). The average molecular weight is 358 g/mol. The summed E-state index contributed by atoms with van der Waals surface area (Å²) in [6, 6.07) is 10.2. The molecule has 1 saturated heterocycles. The Morgan fingerprint density at radius 2 is 1.73 bits per heavy atom. The monoisotopic (exact) mass is 358 g/mol. The number of carbonyl (C=O) groups excluding carboxylic acids is 2. The predicted octanol–water partition coefficient (Wildman–Crippen LogP) is 1.90. The van der Waals surface area contributed by atoms with Crippen LogP contribution in [-0.2, 0) is 11.3 Å². The van der Waals surface area contributed by atoms with E-state index in [4.69, 9.17) is 5.73 Å². The minimum absolute atomic E-state index is 0.0266. The molecule has 1 aromatic rings. The second-order valence-electron chi connectivity index (χ2n) is 7.55. The Bertz CT molecular complexity index is 613. The highest BCUT2D eigenvalue weighted by atomic mass is 16.2. The first-order chi connectivity index (χ1) is 12.5. The second kappa shape index (κ2) is 8.54. The van der Waals surface area contributed by atoms with Crippen LogP contribution in [0.2, 0.25) is 0 Å². The molecule has 1 aliphatic heterocycles. The minimum atomic E-state index is 0.0266. The summed E-state index contributed by atoms with van der Waals surface area (Å²) >= 11 is 0. The fourth-order valence-corrected chi connectivity index (χ4v) is 3.99. The van der Waals surface area contributed by atoms with Gasteiger partial charge < -0.3 is 20.4 Å². The van der Waals surface area contributed by atoms with Crippen LogP contribution in [0.4, 0.5) is 4.79 Å². The summed E-state index contributed by atoms with van der Waals surface area (Å²) in [6.07, 6.45) is 3.79. The van der Waals surface area contributed by atoms with Crippen molar-refractivity contribution < 1.29 is 9.59 Å². The highest BCUT2D eigenvalue weighted by Crippen LogP contribution is 2.27. The van der Waals surface area contributed by atoms with Crippen LogP contribution in [0.25, 0.3) is 0 Å². The third-order valence-corrected chi connectivity index (χ3v) is 5.65. The molecule has 3 amide bonds. The first-order valence-electron chi connectivity index (χ1n) is 9.62. The van der Waals surface area contributed by atoms with Crippen molar-refractivity contribution in [3.05, 3.63) is 35.9 Å². The predicted molar refractivity (Wildman–Crippen MR) is 101 cm³/mol. The molecular weight excluding hydrogens is 328 g/mol. The lowest BCUT2D eigenvalue weighted by atomic mass is 9.99. The van der Waals surface area contributed by atoms with Crippen molar-refractivity contribution >= 4 is 11.9 Å². The molecule has 0 spiro atoms. The summed E-state index contributed by atoms with van der Waals surface area (Å²) in [5.41, 5.74) is 7.20. The quantitative estimate of drug-likeness (QED) is 0.894. The molecule has 2 aliphatic rings. The molecule has 6 nitrogen and oxygen atoms in total. The van der Waals surface area contributed by atoms with Gasteiger partial charge in [0.1, 0.15) is 0 Å². The highest BCUT2D eigenvalue weighted by molar-refractivity contribution is 5.78. The lowest BCUT2D eigenvalue weighted by Crippen LogP contribution is -2.53. The van der Waals surface area contributed by atoms with Gasteiger partial charge in [-0.25, -0.2) is 4.79 Å². The van der Waals surface area contributed by atoms with Crippen LogP contribution in [0.3, 0.4) is 0 Å². The summed E-state index contributed by atoms with van der Waals surface area (Å²) in [4.78, 5) is 30.6. The molecule has 26 heavy (non-hydrogen) atoms. The van der Waals surface area contributed by atoms with E-state index >= 15 is 0 Å². The van der Waals surface area contributed by atoms with Crippen LogP contribution in [-0.4, -0.2) is 65.9 Å². The maximum atomic E-state index is 12.6. The lowest BCUT2D eigenvalue weighted by Gasteiger charge is -2.37. The number of piperazine rings is 1. The van der Waals surface area contributed by atoms with Gasteiger partial charge in [0.25, 0.3) is 0 Å². The number of rotatable bonds is 4. The zero-order valence-corrected chi connectivity index (χ0v) is 15.6. The number of hydrogen-bond acceptors (Lipinski definition) is 3. The lowest BCUT2D eigenvalue weighted by molar-refractivity contribution is -0.133. The van der Waals surface area contributed by atoms with Crippen molar-refractivity contribution in [1.29, 1.82) is 0 Å². The van der Waals surface area contributed by atoms with Gasteiger partial charge in [0.05, 0.1) is 0 Å². The van der Waals surface area contributed by atoms with Gasteiger partial charge >= 0.3 is 6.03 Å². The SMILES string of the molecule is CN(Cc1ccccc1)C(=O)N1CCN(C(=O)C[C@@H]2CCC[C@H]2N)CC1. The molecule has 1 aromatic carbocycles. The molecule has 0 aromatic heterocycles. The van der Waals surface area contributed by atoms with E-state index in [9.17, 15) is 9.59 Å². The Morgan fingerprint density at radius 1 is 1.08 bits per heavy atom. The van der Waals surface area contributed by atoms with Crippen LogP contribution in [0.1, 0.15) is 31.2 Å². The number of amides is 3. The molecule has 2 fully saturated rings. The van der Waals surface area contributed by atoms with Gasteiger partial charge in [0.2, 0.25) is 5.91 Å². The maximum Gasteiger partial charge on any atom is 0.320 e. The number of hydrogen-bond donors (Lipinski definition) is 1. The Balaban J connectivity index is 1.45. The summed E-state index contributed by atoms with van der Waals surface area (Å²) in [7, 11) is 1.83. The van der Waals surface area contributed by atoms with Crippen molar-refractivity contribution in [2.45, 2.75) is 38.3 Å². The largest absolute Gasteiger partial charge is 0.339 e. The molecule has 0 unspecified atom stereocenters. The molecule has 1 saturated carbocycles. The molecule has 1 aliphatic carbocycles. The van der Waals surface area contributed by atoms with Crippen molar-refractivity contribution in [2.75, 3.05) is 33.2 Å². The number of carbonyl (C=O) groups is 2. The number of nitrogens with zero attached hydrogens (tertiary/aromatic N) is 3. The molecule has 142 valence electrons. The van der Waals surface area contributed by atoms with Gasteiger partial charge in [-0.3, -0.25) is 4.79 Å². The summed E-state index contributed by atoms with van der Waals surface area (Å²) in [6.45, 7) is 3.02. The van der Waals surface area contributed by atoms with E-state index in [1.54, 1.807) is 4.90 Å². The Hall–Kier alpha value is -2.08. The minimum Gasteiger partial charge on any atom is -0.339 e. The zero-order valence-electron chi connectivity index (χ0n) is 15.6. The molecular formula is C20H30N4O2. The fraction of sp³-hybridized carbons (Fsp3) is 0.600. The Labute approximate surface area is 155 Å². The highest BCUT2D eigenvalue weighted by Gasteiger charge is 2.30. The first-order valence-corrected chi connectivity index (χ1v) is 9.62. The van der Waals surface area contributed by atoms with Crippen molar-refractivity contribution in [3.8, 4) is 0 Å². The van der Waals surface area contributed by atoms with Crippen LogP contribution in [0.5, 0.6) is 0 Å². The van der Waals surface area contributed by atoms with Gasteiger partial charge in [0, 0.05) is 52.2 Å². The molecule has 0 radical (unpaired) electrons. The van der Waals surface area contributed by atoms with Gasteiger partial charge in [-0.2, -0.15) is 0 Å². The fourth-order valence-electron chi connectivity index (χ4n) is 3.99. The van der Waals surface area contributed by atoms with Crippen molar-refractivity contribution in [2.24, 2.45) is 11.7 Å². The van der Waals surface area contributed by atoms with Crippen LogP contribution >= 0.6 is 0 Å². The summed E-state index contributed by atoms with van der Waals surface area (Å²) in [5.74, 6) is 0.524. The average Bonchev–Trinajstić information content (AvgIpc) is 3.06. The van der Waals surface area contributed by atoms with Gasteiger partial charge in [-0.05, 0) is 24.3 Å². The second-order valence-corrected chi connectivity index (χ2v) is 7.55.